The van der Waals surface area contributed by atoms with Crippen LogP contribution in [0.15, 0.2) is 12.3 Å². The van der Waals surface area contributed by atoms with Crippen LogP contribution in [0.25, 0.3) is 0 Å². The molecule has 1 fully saturated rings. The van der Waals surface area contributed by atoms with Crippen molar-refractivity contribution in [1.82, 2.24) is 9.97 Å². The first-order valence-corrected chi connectivity index (χ1v) is 4.32. The van der Waals surface area contributed by atoms with E-state index in [4.69, 9.17) is 0 Å². The van der Waals surface area contributed by atoms with Crippen LogP contribution in [-0.4, -0.2) is 16.0 Å². The first kappa shape index (κ1) is 7.53. The molecular weight excluding hydrogens is 150 g/mol. The Morgan fingerprint density at radius 3 is 2.92 bits per heavy atom. The van der Waals surface area contributed by atoms with Crippen LogP contribution in [0.5, 0.6) is 0 Å². The first-order chi connectivity index (χ1) is 5.75. The first-order valence-electron chi connectivity index (χ1n) is 4.32. The van der Waals surface area contributed by atoms with Crippen LogP contribution in [0.2, 0.25) is 0 Å². The van der Waals surface area contributed by atoms with Gasteiger partial charge in [0.15, 0.2) is 0 Å². The summed E-state index contributed by atoms with van der Waals surface area (Å²) < 4.78 is 0. The van der Waals surface area contributed by atoms with Gasteiger partial charge in [-0.15, -0.1) is 0 Å². The van der Waals surface area contributed by atoms with E-state index in [2.05, 4.69) is 22.2 Å². The van der Waals surface area contributed by atoms with E-state index in [1.165, 1.54) is 6.42 Å². The van der Waals surface area contributed by atoms with Crippen molar-refractivity contribution in [2.45, 2.75) is 26.3 Å². The van der Waals surface area contributed by atoms with Gasteiger partial charge in [0, 0.05) is 12.2 Å². The second-order valence-corrected chi connectivity index (χ2v) is 3.45. The van der Waals surface area contributed by atoms with Crippen LogP contribution in [0, 0.1) is 12.8 Å². The highest BCUT2D eigenvalue weighted by Crippen LogP contribution is 2.31. The average Bonchev–Trinajstić information content (AvgIpc) is 2.66. The third-order valence-corrected chi connectivity index (χ3v) is 2.22. The van der Waals surface area contributed by atoms with E-state index in [1.807, 2.05) is 13.0 Å². The summed E-state index contributed by atoms with van der Waals surface area (Å²) >= 11 is 0. The monoisotopic (exact) mass is 163 g/mol. The van der Waals surface area contributed by atoms with Gasteiger partial charge >= 0.3 is 0 Å². The summed E-state index contributed by atoms with van der Waals surface area (Å²) in [5, 5.41) is 3.36. The lowest BCUT2D eigenvalue weighted by atomic mass is 10.4. The smallest absolute Gasteiger partial charge is 0.129 e. The number of nitrogens with one attached hydrogen (secondary N) is 1. The highest BCUT2D eigenvalue weighted by molar-refractivity contribution is 5.36. The third kappa shape index (κ3) is 1.55. The summed E-state index contributed by atoms with van der Waals surface area (Å²) in [5.41, 5.74) is 0. The number of aryl methyl sites for hydroxylation is 1. The van der Waals surface area contributed by atoms with Crippen molar-refractivity contribution in [3.63, 3.8) is 0 Å². The summed E-state index contributed by atoms with van der Waals surface area (Å²) in [6, 6.07) is 2.55. The molecule has 3 nitrogen and oxygen atoms in total. The zero-order valence-electron chi connectivity index (χ0n) is 7.41. The summed E-state index contributed by atoms with van der Waals surface area (Å²) in [6.07, 6.45) is 3.06. The Labute approximate surface area is 72.2 Å². The molecule has 64 valence electrons. The van der Waals surface area contributed by atoms with Crippen LogP contribution in [0.4, 0.5) is 5.82 Å². The van der Waals surface area contributed by atoms with Crippen LogP contribution < -0.4 is 5.32 Å². The fourth-order valence-corrected chi connectivity index (χ4v) is 1.25. The SMILES string of the molecule is Cc1nccc(NC2CC2C)n1. The zero-order chi connectivity index (χ0) is 8.55. The third-order valence-electron chi connectivity index (χ3n) is 2.22. The number of hydrogen-bond acceptors (Lipinski definition) is 3. The van der Waals surface area contributed by atoms with Gasteiger partial charge in [0.1, 0.15) is 11.6 Å². The van der Waals surface area contributed by atoms with Crippen LogP contribution in [0.1, 0.15) is 19.2 Å². The van der Waals surface area contributed by atoms with Gasteiger partial charge in [0.05, 0.1) is 0 Å². The maximum atomic E-state index is 4.27. The Morgan fingerprint density at radius 1 is 1.58 bits per heavy atom. The molecule has 0 amide bonds. The fraction of sp³-hybridized carbons (Fsp3) is 0.556. The van der Waals surface area contributed by atoms with E-state index in [0.29, 0.717) is 6.04 Å². The molecular formula is C9H13N3. The number of rotatable bonds is 2. The van der Waals surface area contributed by atoms with Gasteiger partial charge in [-0.25, -0.2) is 9.97 Å². The van der Waals surface area contributed by atoms with Crippen molar-refractivity contribution in [3.05, 3.63) is 18.1 Å². The maximum Gasteiger partial charge on any atom is 0.129 e. The summed E-state index contributed by atoms with van der Waals surface area (Å²) in [6.45, 7) is 4.15. The minimum absolute atomic E-state index is 0.638. The second kappa shape index (κ2) is 2.73. The molecule has 0 spiro atoms. The van der Waals surface area contributed by atoms with E-state index < -0.39 is 0 Å². The molecule has 2 atom stereocenters. The summed E-state index contributed by atoms with van der Waals surface area (Å²) in [4.78, 5) is 8.30. The molecule has 1 aromatic heterocycles. The van der Waals surface area contributed by atoms with E-state index in [1.54, 1.807) is 6.20 Å². The molecule has 1 aliphatic rings. The molecule has 1 heterocycles. The molecule has 1 N–H and O–H groups in total. The van der Waals surface area contributed by atoms with Gasteiger partial charge in [-0.3, -0.25) is 0 Å². The van der Waals surface area contributed by atoms with Gasteiger partial charge in [0.2, 0.25) is 0 Å². The Bertz CT molecular complexity index is 285. The molecule has 1 aromatic rings. The predicted octanol–water partition coefficient (Wildman–Crippen LogP) is 1.61. The fourth-order valence-electron chi connectivity index (χ4n) is 1.25. The van der Waals surface area contributed by atoms with Crippen LogP contribution >= 0.6 is 0 Å². The van der Waals surface area contributed by atoms with Gasteiger partial charge < -0.3 is 5.32 Å². The Kier molecular flexibility index (Phi) is 1.71. The second-order valence-electron chi connectivity index (χ2n) is 3.45. The molecule has 3 heteroatoms. The van der Waals surface area contributed by atoms with E-state index in [0.717, 1.165) is 17.6 Å². The molecule has 0 radical (unpaired) electrons. The summed E-state index contributed by atoms with van der Waals surface area (Å²) in [5.74, 6) is 2.59. The summed E-state index contributed by atoms with van der Waals surface area (Å²) in [7, 11) is 0. The van der Waals surface area contributed by atoms with E-state index in [-0.39, 0.29) is 0 Å². The number of aromatic nitrogens is 2. The minimum atomic E-state index is 0.638. The Morgan fingerprint density at radius 2 is 2.33 bits per heavy atom. The van der Waals surface area contributed by atoms with Crippen molar-refractivity contribution in [2.75, 3.05) is 5.32 Å². The molecule has 0 saturated heterocycles. The lowest BCUT2D eigenvalue weighted by Crippen LogP contribution is -2.05. The van der Waals surface area contributed by atoms with Crippen LogP contribution in [-0.2, 0) is 0 Å². The molecule has 2 unspecified atom stereocenters. The molecule has 0 aromatic carbocycles. The topological polar surface area (TPSA) is 37.8 Å². The van der Waals surface area contributed by atoms with Gasteiger partial charge in [-0.2, -0.15) is 0 Å². The zero-order valence-corrected chi connectivity index (χ0v) is 7.41. The lowest BCUT2D eigenvalue weighted by molar-refractivity contribution is 0.917. The molecule has 1 saturated carbocycles. The highest BCUT2D eigenvalue weighted by Gasteiger charge is 2.32. The van der Waals surface area contributed by atoms with Crippen molar-refractivity contribution in [3.8, 4) is 0 Å². The molecule has 1 aliphatic carbocycles. The van der Waals surface area contributed by atoms with Crippen molar-refractivity contribution in [2.24, 2.45) is 5.92 Å². The normalized spacial score (nSPS) is 26.8. The maximum absolute atomic E-state index is 4.27. The van der Waals surface area contributed by atoms with Crippen LogP contribution in [0.3, 0.4) is 0 Å². The van der Waals surface area contributed by atoms with Crippen molar-refractivity contribution in [1.29, 1.82) is 0 Å². The minimum Gasteiger partial charge on any atom is -0.367 e. The molecule has 2 rings (SSSR count). The van der Waals surface area contributed by atoms with Crippen molar-refractivity contribution < 1.29 is 0 Å². The van der Waals surface area contributed by atoms with Gasteiger partial charge in [-0.05, 0) is 25.3 Å². The quantitative estimate of drug-likeness (QED) is 0.719. The highest BCUT2D eigenvalue weighted by atomic mass is 15.1. The van der Waals surface area contributed by atoms with Gasteiger partial charge in [-0.1, -0.05) is 6.92 Å². The number of anilines is 1. The number of hydrogen-bond donors (Lipinski definition) is 1. The number of nitrogens with zero attached hydrogens (tertiary/aromatic N) is 2. The molecule has 12 heavy (non-hydrogen) atoms. The molecule has 0 bridgehead atoms. The largest absolute Gasteiger partial charge is 0.367 e. The average molecular weight is 163 g/mol. The Balaban J connectivity index is 2.03. The Hall–Kier alpha value is -1.12. The van der Waals surface area contributed by atoms with Gasteiger partial charge in [0.25, 0.3) is 0 Å². The lowest BCUT2D eigenvalue weighted by Gasteiger charge is -2.03. The van der Waals surface area contributed by atoms with Crippen molar-refractivity contribution >= 4 is 5.82 Å². The van der Waals surface area contributed by atoms with E-state index in [9.17, 15) is 0 Å². The standard InChI is InChI=1S/C9H13N3/c1-6-5-8(6)12-9-3-4-10-7(2)11-9/h3-4,6,8H,5H2,1-2H3,(H,10,11,12). The molecule has 0 aliphatic heterocycles. The van der Waals surface area contributed by atoms with E-state index >= 15 is 0 Å². The predicted molar refractivity (Wildman–Crippen MR) is 48.0 cm³/mol.